The largest absolute Gasteiger partial charge is 0.466 e. The second-order valence-electron chi connectivity index (χ2n) is 11.6. The van der Waals surface area contributed by atoms with Gasteiger partial charge in [0.2, 0.25) is 0 Å². The summed E-state index contributed by atoms with van der Waals surface area (Å²) in [6.07, 6.45) is 9.75. The first-order valence-corrected chi connectivity index (χ1v) is 17.8. The average Bonchev–Trinajstić information content (AvgIpc) is 3.80. The van der Waals surface area contributed by atoms with E-state index in [-0.39, 0.29) is 23.8 Å². The first-order chi connectivity index (χ1) is 22.9. The maximum atomic E-state index is 12.2. The summed E-state index contributed by atoms with van der Waals surface area (Å²) in [5.74, 6) is 0.553. The Kier molecular flexibility index (Phi) is 9.15. The third kappa shape index (κ3) is 6.33. The second-order valence-corrected chi connectivity index (χ2v) is 14.2. The van der Waals surface area contributed by atoms with Crippen LogP contribution >= 0.6 is 34.3 Å². The van der Waals surface area contributed by atoms with Gasteiger partial charge in [-0.15, -0.1) is 22.7 Å². The molecule has 2 atom stereocenters. The minimum atomic E-state index is -0.0946. The molecule has 0 bridgehead atoms. The Morgan fingerprint density at radius 3 is 2.15 bits per heavy atom. The lowest BCUT2D eigenvalue weighted by atomic mass is 9.88. The standard InChI is InChI=1S/C21H20N4O2S.C13H13ClN2O2S/c1-2-27-21(26)12-4-6-16-17(8-12)28-20-18(16)19(23-11-24-20)25-15-5-3-13-9-22-10-14(13)7-15;1-2-18-13(17)7-3-4-8-9(5-7)19-12-10(8)11(14)15-6-16-12/h3,5,7,10-12H,2,4,6,8-9H2,1H3,(H,23,24,25);6-7H,2-5H2,1H3. The second kappa shape index (κ2) is 13.6. The Labute approximate surface area is 284 Å². The van der Waals surface area contributed by atoms with Crippen molar-refractivity contribution < 1.29 is 19.1 Å². The van der Waals surface area contributed by atoms with Gasteiger partial charge in [-0.05, 0) is 86.8 Å². The number of ether oxygens (including phenoxy) is 2. The number of hydrogen-bond donors (Lipinski definition) is 1. The van der Waals surface area contributed by atoms with E-state index >= 15 is 0 Å². The van der Waals surface area contributed by atoms with Crippen LogP contribution in [-0.4, -0.2) is 51.3 Å². The van der Waals surface area contributed by atoms with Gasteiger partial charge in [0.05, 0.1) is 42.4 Å². The summed E-state index contributed by atoms with van der Waals surface area (Å²) < 4.78 is 10.3. The number of thiophene rings is 2. The van der Waals surface area contributed by atoms with Crippen molar-refractivity contribution in [1.82, 2.24) is 19.9 Å². The van der Waals surface area contributed by atoms with Gasteiger partial charge in [-0.2, -0.15) is 0 Å². The minimum absolute atomic E-state index is 0.0350. The van der Waals surface area contributed by atoms with Gasteiger partial charge in [-0.3, -0.25) is 14.6 Å². The summed E-state index contributed by atoms with van der Waals surface area (Å²) in [5.41, 5.74) is 5.88. The molecule has 1 aliphatic heterocycles. The fourth-order valence-corrected chi connectivity index (χ4v) is 9.35. The molecule has 10 nitrogen and oxygen atoms in total. The summed E-state index contributed by atoms with van der Waals surface area (Å²) in [6.45, 7) is 5.31. The van der Waals surface area contributed by atoms with Gasteiger partial charge in [0.25, 0.3) is 0 Å². The zero-order valence-corrected chi connectivity index (χ0v) is 28.4. The normalized spacial score (nSPS) is 17.8. The molecular formula is C34H33ClN6O4S2. The fourth-order valence-electron chi connectivity index (χ4n) is 6.52. The Morgan fingerprint density at radius 1 is 0.872 bits per heavy atom. The number of aromatic nitrogens is 4. The van der Waals surface area contributed by atoms with E-state index in [0.29, 0.717) is 18.4 Å². The third-order valence-electron chi connectivity index (χ3n) is 8.78. The molecule has 13 heteroatoms. The number of nitrogens with one attached hydrogen (secondary N) is 1. The summed E-state index contributed by atoms with van der Waals surface area (Å²) in [5, 5.41) is 6.03. The summed E-state index contributed by atoms with van der Waals surface area (Å²) >= 11 is 9.42. The molecule has 2 unspecified atom stereocenters. The number of benzene rings is 1. The molecule has 0 saturated carbocycles. The van der Waals surface area contributed by atoms with Crippen LogP contribution in [0.1, 0.15) is 58.7 Å². The lowest BCUT2D eigenvalue weighted by Gasteiger charge is -2.20. The molecule has 0 fully saturated rings. The summed E-state index contributed by atoms with van der Waals surface area (Å²) in [6, 6.07) is 6.28. The van der Waals surface area contributed by atoms with E-state index in [1.807, 2.05) is 20.1 Å². The Morgan fingerprint density at radius 2 is 1.49 bits per heavy atom. The van der Waals surface area contributed by atoms with E-state index in [1.54, 1.807) is 29.0 Å². The van der Waals surface area contributed by atoms with Gasteiger partial charge in [0, 0.05) is 21.7 Å². The first-order valence-electron chi connectivity index (χ1n) is 15.8. The number of aryl methyl sites for hydroxylation is 2. The highest BCUT2D eigenvalue weighted by atomic mass is 35.5. The van der Waals surface area contributed by atoms with Gasteiger partial charge >= 0.3 is 11.9 Å². The number of carbonyl (C=O) groups excluding carboxylic acids is 2. The molecule has 0 spiro atoms. The number of carbonyl (C=O) groups is 2. The highest BCUT2D eigenvalue weighted by molar-refractivity contribution is 7.19. The average molecular weight is 689 g/mol. The van der Waals surface area contributed by atoms with Crippen molar-refractivity contribution in [2.45, 2.75) is 58.9 Å². The third-order valence-corrected chi connectivity index (χ3v) is 11.4. The SMILES string of the molecule is CCOC(=O)C1CCc2c(sc3ncnc(Cl)c23)C1.CCOC(=O)C1CCc2c(sc3ncnc(Nc4ccc5c(c4)C=NC5)c23)C1. The van der Waals surface area contributed by atoms with Crippen molar-refractivity contribution in [3.05, 3.63) is 68.0 Å². The fraction of sp³-hybridized carbons (Fsp3) is 0.382. The van der Waals surface area contributed by atoms with Crippen LogP contribution in [0.15, 0.2) is 35.8 Å². The monoisotopic (exact) mass is 688 g/mol. The zero-order valence-electron chi connectivity index (χ0n) is 26.0. The van der Waals surface area contributed by atoms with Gasteiger partial charge in [-0.25, -0.2) is 19.9 Å². The van der Waals surface area contributed by atoms with Crippen LogP contribution in [0, 0.1) is 11.8 Å². The number of nitrogens with zero attached hydrogens (tertiary/aromatic N) is 5. The number of halogens is 1. The van der Waals surface area contributed by atoms with Crippen LogP contribution in [0.3, 0.4) is 0 Å². The molecule has 5 aromatic rings. The Bertz CT molecular complexity index is 2020. The van der Waals surface area contributed by atoms with Crippen LogP contribution in [0.4, 0.5) is 11.5 Å². The maximum Gasteiger partial charge on any atom is 0.309 e. The molecule has 47 heavy (non-hydrogen) atoms. The van der Waals surface area contributed by atoms with Gasteiger partial charge in [0.1, 0.15) is 33.3 Å². The van der Waals surface area contributed by atoms with E-state index in [0.717, 1.165) is 82.6 Å². The Balaban J connectivity index is 0.000000161. The number of anilines is 2. The van der Waals surface area contributed by atoms with Crippen LogP contribution in [-0.2, 0) is 51.3 Å². The molecule has 8 rings (SSSR count). The van der Waals surface area contributed by atoms with Crippen LogP contribution in [0.2, 0.25) is 5.15 Å². The molecule has 3 aliphatic rings. The van der Waals surface area contributed by atoms with Gasteiger partial charge < -0.3 is 14.8 Å². The van der Waals surface area contributed by atoms with Gasteiger partial charge in [-0.1, -0.05) is 17.7 Å². The lowest BCUT2D eigenvalue weighted by molar-refractivity contribution is -0.149. The molecule has 242 valence electrons. The van der Waals surface area contributed by atoms with E-state index in [9.17, 15) is 9.59 Å². The van der Waals surface area contributed by atoms with Crippen molar-refractivity contribution >= 4 is 84.4 Å². The molecular weight excluding hydrogens is 656 g/mol. The lowest BCUT2D eigenvalue weighted by Crippen LogP contribution is -2.23. The van der Waals surface area contributed by atoms with E-state index in [1.165, 1.54) is 32.8 Å². The number of esters is 2. The topological polar surface area (TPSA) is 129 Å². The molecule has 5 heterocycles. The first kappa shape index (κ1) is 31.6. The van der Waals surface area contributed by atoms with Crippen molar-refractivity contribution in [2.75, 3.05) is 18.5 Å². The van der Waals surface area contributed by atoms with Crippen LogP contribution in [0.25, 0.3) is 20.4 Å². The number of fused-ring (bicyclic) bond motifs is 7. The quantitative estimate of drug-likeness (QED) is 0.147. The molecule has 0 saturated heterocycles. The highest BCUT2D eigenvalue weighted by Crippen LogP contribution is 2.41. The van der Waals surface area contributed by atoms with Crippen molar-refractivity contribution in [2.24, 2.45) is 16.8 Å². The molecule has 0 amide bonds. The number of rotatable bonds is 6. The molecule has 0 radical (unpaired) electrons. The minimum Gasteiger partial charge on any atom is -0.466 e. The van der Waals surface area contributed by atoms with E-state index in [2.05, 4.69) is 48.4 Å². The van der Waals surface area contributed by atoms with Crippen molar-refractivity contribution in [3.8, 4) is 0 Å². The number of aliphatic imine (C=N–C) groups is 1. The van der Waals surface area contributed by atoms with Crippen molar-refractivity contribution in [1.29, 1.82) is 0 Å². The van der Waals surface area contributed by atoms with Crippen LogP contribution < -0.4 is 5.32 Å². The molecule has 2 aliphatic carbocycles. The Hall–Kier alpha value is -4.00. The van der Waals surface area contributed by atoms with Crippen molar-refractivity contribution in [3.63, 3.8) is 0 Å². The number of hydrogen-bond acceptors (Lipinski definition) is 12. The highest BCUT2D eigenvalue weighted by Gasteiger charge is 2.31. The molecule has 1 aromatic carbocycles. The maximum absolute atomic E-state index is 12.2. The summed E-state index contributed by atoms with van der Waals surface area (Å²) in [7, 11) is 0. The summed E-state index contributed by atoms with van der Waals surface area (Å²) in [4.78, 5) is 49.9. The van der Waals surface area contributed by atoms with E-state index < -0.39 is 0 Å². The molecule has 1 N–H and O–H groups in total. The predicted octanol–water partition coefficient (Wildman–Crippen LogP) is 7.05. The van der Waals surface area contributed by atoms with Crippen LogP contribution in [0.5, 0.6) is 0 Å². The zero-order chi connectivity index (χ0) is 32.5. The predicted molar refractivity (Wildman–Crippen MR) is 185 cm³/mol. The smallest absolute Gasteiger partial charge is 0.309 e. The van der Waals surface area contributed by atoms with Gasteiger partial charge in [0.15, 0.2) is 0 Å². The molecule has 4 aromatic heterocycles. The van der Waals surface area contributed by atoms with E-state index in [4.69, 9.17) is 21.1 Å².